The molecule has 1 aliphatic rings. The van der Waals surface area contributed by atoms with Crippen molar-refractivity contribution >= 4 is 34.0 Å². The molecule has 0 radical (unpaired) electrons. The molecule has 4 aromatic rings. The molecule has 0 bridgehead atoms. The molecule has 5 rings (SSSR count). The summed E-state index contributed by atoms with van der Waals surface area (Å²) in [5.41, 5.74) is 2.13. The van der Waals surface area contributed by atoms with Crippen LogP contribution in [0.25, 0.3) is 10.9 Å². The predicted molar refractivity (Wildman–Crippen MR) is 150 cm³/mol. The summed E-state index contributed by atoms with van der Waals surface area (Å²) in [6.45, 7) is 2.76. The Hall–Kier alpha value is -4.24. The number of methoxy groups -OCH3 is 1. The number of carbonyl (C=O) groups is 1. The van der Waals surface area contributed by atoms with E-state index in [0.717, 1.165) is 31.5 Å². The Morgan fingerprint density at radius 2 is 1.85 bits per heavy atom. The third kappa shape index (κ3) is 6.61. The van der Waals surface area contributed by atoms with Crippen LogP contribution in [0.15, 0.2) is 67.0 Å². The molecule has 3 aromatic carbocycles. The topological polar surface area (TPSA) is 88.6 Å². The standard InChI is InChI=1S/C30H32FN5O3/c1-36-12-10-21(11-13-36)18-39-28-17-26-23(16-27(28)38-2)30(33-19-32-26)35-25-9-8-22(15-24(25)31)34-29(37)14-20-6-4-3-5-7-20/h3-9,15-17,19,21H,10-14,18H2,1-2H3,(H,34,37)(H,32,33,35). The van der Waals surface area contributed by atoms with Gasteiger partial charge < -0.3 is 25.0 Å². The number of likely N-dealkylation sites (tertiary alicyclic amines) is 1. The third-order valence-corrected chi connectivity index (χ3v) is 6.95. The Kier molecular flexibility index (Phi) is 8.17. The second-order valence-electron chi connectivity index (χ2n) is 9.83. The first-order chi connectivity index (χ1) is 19.0. The maximum Gasteiger partial charge on any atom is 0.228 e. The first-order valence-corrected chi connectivity index (χ1v) is 13.0. The molecule has 1 saturated heterocycles. The van der Waals surface area contributed by atoms with Gasteiger partial charge in [0.05, 0.1) is 31.3 Å². The van der Waals surface area contributed by atoms with E-state index in [-0.39, 0.29) is 18.0 Å². The van der Waals surface area contributed by atoms with Gasteiger partial charge in [-0.05, 0) is 68.7 Å². The number of hydrogen-bond donors (Lipinski definition) is 2. The van der Waals surface area contributed by atoms with Crippen LogP contribution in [0.1, 0.15) is 18.4 Å². The zero-order valence-corrected chi connectivity index (χ0v) is 22.1. The summed E-state index contributed by atoms with van der Waals surface area (Å²) in [6, 6.07) is 17.5. The number of ether oxygens (including phenoxy) is 2. The summed E-state index contributed by atoms with van der Waals surface area (Å²) in [5, 5.41) is 6.47. The van der Waals surface area contributed by atoms with Crippen molar-refractivity contribution in [2.24, 2.45) is 5.92 Å². The van der Waals surface area contributed by atoms with Gasteiger partial charge in [-0.2, -0.15) is 0 Å². The fourth-order valence-corrected chi connectivity index (χ4v) is 4.68. The molecule has 0 atom stereocenters. The Labute approximate surface area is 227 Å². The van der Waals surface area contributed by atoms with Crippen LogP contribution < -0.4 is 20.1 Å². The van der Waals surface area contributed by atoms with Crippen LogP contribution >= 0.6 is 0 Å². The van der Waals surface area contributed by atoms with E-state index >= 15 is 4.39 Å². The van der Waals surface area contributed by atoms with Gasteiger partial charge in [0.1, 0.15) is 18.0 Å². The van der Waals surface area contributed by atoms with E-state index in [0.29, 0.717) is 46.4 Å². The maximum absolute atomic E-state index is 15.0. The minimum Gasteiger partial charge on any atom is -0.493 e. The van der Waals surface area contributed by atoms with Gasteiger partial charge in [-0.15, -0.1) is 0 Å². The number of fused-ring (bicyclic) bond motifs is 1. The summed E-state index contributed by atoms with van der Waals surface area (Å²) >= 11 is 0. The Morgan fingerprint density at radius 1 is 1.05 bits per heavy atom. The normalized spacial score (nSPS) is 14.2. The molecule has 8 nitrogen and oxygen atoms in total. The van der Waals surface area contributed by atoms with Crippen molar-refractivity contribution in [3.05, 3.63) is 78.4 Å². The lowest BCUT2D eigenvalue weighted by Crippen LogP contribution is -2.32. The molecule has 0 spiro atoms. The van der Waals surface area contributed by atoms with Crippen LogP contribution in [0.2, 0.25) is 0 Å². The lowest BCUT2D eigenvalue weighted by molar-refractivity contribution is -0.115. The molecule has 2 N–H and O–H groups in total. The van der Waals surface area contributed by atoms with Crippen molar-refractivity contribution in [2.75, 3.05) is 44.5 Å². The highest BCUT2D eigenvalue weighted by molar-refractivity contribution is 5.94. The van der Waals surface area contributed by atoms with Crippen LogP contribution in [0, 0.1) is 11.7 Å². The average Bonchev–Trinajstić information content (AvgIpc) is 2.94. The van der Waals surface area contributed by atoms with E-state index in [4.69, 9.17) is 9.47 Å². The molecule has 1 aliphatic heterocycles. The number of aromatic nitrogens is 2. The molecule has 2 heterocycles. The van der Waals surface area contributed by atoms with Gasteiger partial charge in [0.2, 0.25) is 5.91 Å². The predicted octanol–water partition coefficient (Wildman–Crippen LogP) is 5.42. The number of nitrogens with one attached hydrogen (secondary N) is 2. The molecule has 1 aromatic heterocycles. The van der Waals surface area contributed by atoms with Gasteiger partial charge in [-0.25, -0.2) is 14.4 Å². The SMILES string of the molecule is COc1cc2c(Nc3ccc(NC(=O)Cc4ccccc4)cc3F)ncnc2cc1OCC1CCN(C)CC1. The first kappa shape index (κ1) is 26.4. The highest BCUT2D eigenvalue weighted by atomic mass is 19.1. The maximum atomic E-state index is 15.0. The van der Waals surface area contributed by atoms with E-state index in [1.54, 1.807) is 25.3 Å². The lowest BCUT2D eigenvalue weighted by atomic mass is 9.98. The smallest absolute Gasteiger partial charge is 0.228 e. The summed E-state index contributed by atoms with van der Waals surface area (Å²) in [5.74, 6) is 1.37. The Morgan fingerprint density at radius 3 is 2.59 bits per heavy atom. The number of rotatable bonds is 9. The Bertz CT molecular complexity index is 1440. The lowest BCUT2D eigenvalue weighted by Gasteiger charge is -2.28. The number of anilines is 3. The average molecular weight is 530 g/mol. The van der Waals surface area contributed by atoms with Gasteiger partial charge in [0, 0.05) is 17.1 Å². The minimum absolute atomic E-state index is 0.209. The Balaban J connectivity index is 1.29. The molecule has 1 amide bonds. The van der Waals surface area contributed by atoms with Gasteiger partial charge >= 0.3 is 0 Å². The van der Waals surface area contributed by atoms with E-state index in [1.807, 2.05) is 36.4 Å². The van der Waals surface area contributed by atoms with Crippen LogP contribution in [-0.2, 0) is 11.2 Å². The van der Waals surface area contributed by atoms with Crippen molar-refractivity contribution in [1.29, 1.82) is 0 Å². The number of carbonyl (C=O) groups excluding carboxylic acids is 1. The van der Waals surface area contributed by atoms with Crippen molar-refractivity contribution in [2.45, 2.75) is 19.3 Å². The fraction of sp³-hybridized carbons (Fsp3) is 0.300. The number of nitrogens with zero attached hydrogens (tertiary/aromatic N) is 3. The zero-order chi connectivity index (χ0) is 27.2. The molecule has 0 aliphatic carbocycles. The highest BCUT2D eigenvalue weighted by Gasteiger charge is 2.19. The summed E-state index contributed by atoms with van der Waals surface area (Å²) in [4.78, 5) is 23.4. The van der Waals surface area contributed by atoms with E-state index in [2.05, 4.69) is 32.5 Å². The van der Waals surface area contributed by atoms with Crippen LogP contribution in [0.5, 0.6) is 11.5 Å². The third-order valence-electron chi connectivity index (χ3n) is 6.95. The second kappa shape index (κ2) is 12.1. The van der Waals surface area contributed by atoms with Crippen molar-refractivity contribution in [3.63, 3.8) is 0 Å². The molecule has 0 unspecified atom stereocenters. The van der Waals surface area contributed by atoms with Gasteiger partial charge in [-0.3, -0.25) is 4.79 Å². The molecular weight excluding hydrogens is 497 g/mol. The summed E-state index contributed by atoms with van der Waals surface area (Å²) in [7, 11) is 3.73. The quantitative estimate of drug-likeness (QED) is 0.299. The number of halogens is 1. The highest BCUT2D eigenvalue weighted by Crippen LogP contribution is 2.36. The summed E-state index contributed by atoms with van der Waals surface area (Å²) in [6.07, 6.45) is 3.84. The molecule has 39 heavy (non-hydrogen) atoms. The van der Waals surface area contributed by atoms with Crippen molar-refractivity contribution in [1.82, 2.24) is 14.9 Å². The van der Waals surface area contributed by atoms with Gasteiger partial charge in [0.25, 0.3) is 0 Å². The monoisotopic (exact) mass is 529 g/mol. The zero-order valence-electron chi connectivity index (χ0n) is 22.1. The largest absolute Gasteiger partial charge is 0.493 e. The van der Waals surface area contributed by atoms with Crippen LogP contribution in [-0.4, -0.2) is 54.6 Å². The van der Waals surface area contributed by atoms with E-state index in [1.165, 1.54) is 12.4 Å². The summed E-state index contributed by atoms with van der Waals surface area (Å²) < 4.78 is 26.8. The molecule has 1 fully saturated rings. The fourth-order valence-electron chi connectivity index (χ4n) is 4.68. The van der Waals surface area contributed by atoms with E-state index in [9.17, 15) is 4.79 Å². The number of hydrogen-bond acceptors (Lipinski definition) is 7. The van der Waals surface area contributed by atoms with Crippen LogP contribution in [0.4, 0.5) is 21.6 Å². The second-order valence-corrected chi connectivity index (χ2v) is 9.83. The van der Waals surface area contributed by atoms with Crippen LogP contribution in [0.3, 0.4) is 0 Å². The minimum atomic E-state index is -0.524. The number of benzene rings is 3. The van der Waals surface area contributed by atoms with Gasteiger partial charge in [-0.1, -0.05) is 30.3 Å². The van der Waals surface area contributed by atoms with Crippen molar-refractivity contribution in [3.8, 4) is 11.5 Å². The molecule has 9 heteroatoms. The van der Waals surface area contributed by atoms with E-state index < -0.39 is 5.82 Å². The van der Waals surface area contributed by atoms with Crippen molar-refractivity contribution < 1.29 is 18.7 Å². The number of piperidine rings is 1. The van der Waals surface area contributed by atoms with Gasteiger partial charge in [0.15, 0.2) is 11.5 Å². The first-order valence-electron chi connectivity index (χ1n) is 13.0. The number of amides is 1. The molecular formula is C30H32FN5O3. The molecule has 202 valence electrons. The molecule has 0 saturated carbocycles.